The molecule has 1 saturated heterocycles. The Morgan fingerprint density at radius 1 is 1.30 bits per heavy atom. The van der Waals surface area contributed by atoms with E-state index in [1.165, 1.54) is 0 Å². The first kappa shape index (κ1) is 23.9. The zero-order valence-electron chi connectivity index (χ0n) is 14.9. The highest BCUT2D eigenvalue weighted by atomic mass is 31.2. The molecule has 1 aliphatic heterocycles. The third-order valence-electron chi connectivity index (χ3n) is 3.78. The molecule has 0 unspecified atom stereocenters. The quantitative estimate of drug-likeness (QED) is 0.183. The molecule has 27 heavy (non-hydrogen) atoms. The van der Waals surface area contributed by atoms with Crippen molar-refractivity contribution in [1.82, 2.24) is 5.32 Å². The van der Waals surface area contributed by atoms with Gasteiger partial charge in [0.25, 0.3) is 0 Å². The molecule has 0 aliphatic carbocycles. The molecular weight excluding hydrogens is 389 g/mol. The van der Waals surface area contributed by atoms with Crippen molar-refractivity contribution in [3.8, 4) is 0 Å². The van der Waals surface area contributed by atoms with Gasteiger partial charge >= 0.3 is 13.8 Å². The van der Waals surface area contributed by atoms with Crippen LogP contribution in [0.25, 0.3) is 0 Å². The average molecular weight is 415 g/mol. The minimum atomic E-state index is -5.09. The number of esters is 1. The van der Waals surface area contributed by atoms with Gasteiger partial charge in [0.15, 0.2) is 12.4 Å². The molecule has 0 bridgehead atoms. The van der Waals surface area contributed by atoms with Crippen LogP contribution in [0.15, 0.2) is 0 Å². The fourth-order valence-electron chi connectivity index (χ4n) is 2.73. The van der Waals surface area contributed by atoms with E-state index in [9.17, 15) is 29.5 Å². The summed E-state index contributed by atoms with van der Waals surface area (Å²) >= 11 is 0. The maximum Gasteiger partial charge on any atom is 0.470 e. The highest BCUT2D eigenvalue weighted by Crippen LogP contribution is 2.41. The molecule has 0 saturated carbocycles. The summed E-state index contributed by atoms with van der Waals surface area (Å²) in [6.45, 7) is 2.01. The van der Waals surface area contributed by atoms with Gasteiger partial charge in [-0.25, -0.2) is 4.57 Å². The van der Waals surface area contributed by atoms with Crippen LogP contribution in [-0.4, -0.2) is 80.3 Å². The molecule has 6 N–H and O–H groups in total. The van der Waals surface area contributed by atoms with Crippen molar-refractivity contribution in [2.45, 2.75) is 69.9 Å². The predicted molar refractivity (Wildman–Crippen MR) is 87.9 cm³/mol. The maximum absolute atomic E-state index is 12.1. The van der Waals surface area contributed by atoms with Gasteiger partial charge in [0, 0.05) is 6.92 Å². The van der Waals surface area contributed by atoms with Crippen molar-refractivity contribution in [2.24, 2.45) is 0 Å². The van der Waals surface area contributed by atoms with E-state index in [-0.39, 0.29) is 6.42 Å². The summed E-state index contributed by atoms with van der Waals surface area (Å²) in [5.41, 5.74) is 0. The van der Waals surface area contributed by atoms with Gasteiger partial charge in [0.2, 0.25) is 5.91 Å². The number of phosphoric ester groups is 1. The lowest BCUT2D eigenvalue weighted by atomic mass is 9.96. The zero-order chi connectivity index (χ0) is 20.8. The molecule has 12 nitrogen and oxygen atoms in total. The molecule has 1 fully saturated rings. The molecule has 1 amide bonds. The zero-order valence-corrected chi connectivity index (χ0v) is 15.8. The van der Waals surface area contributed by atoms with Crippen LogP contribution in [-0.2, 0) is 28.2 Å². The number of carbonyl (C=O) groups is 2. The Balaban J connectivity index is 3.04. The number of nitrogens with one attached hydrogen (secondary N) is 1. The molecule has 0 aromatic carbocycles. The molecular formula is C14H26NO11P. The third-order valence-corrected chi connectivity index (χ3v) is 4.30. The molecule has 158 valence electrons. The smallest absolute Gasteiger partial charge is 0.457 e. The Hall–Kier alpha value is -1.11. The van der Waals surface area contributed by atoms with E-state index in [0.717, 1.165) is 6.92 Å². The van der Waals surface area contributed by atoms with Crippen LogP contribution in [0.1, 0.15) is 33.1 Å². The van der Waals surface area contributed by atoms with Crippen LogP contribution in [0.2, 0.25) is 0 Å². The fraction of sp³-hybridized carbons (Fsp3) is 0.857. The number of carbonyl (C=O) groups excluding carboxylic acids is 2. The first-order valence-corrected chi connectivity index (χ1v) is 9.84. The van der Waals surface area contributed by atoms with E-state index >= 15 is 0 Å². The number of aliphatic hydroxyl groups excluding tert-OH is 3. The molecule has 1 heterocycles. The molecule has 1 aliphatic rings. The van der Waals surface area contributed by atoms with Gasteiger partial charge in [-0.3, -0.25) is 14.1 Å². The predicted octanol–water partition coefficient (Wildman–Crippen LogP) is -1.86. The topological polar surface area (TPSA) is 192 Å². The second-order valence-corrected chi connectivity index (χ2v) is 7.31. The monoisotopic (exact) mass is 415 g/mol. The van der Waals surface area contributed by atoms with Crippen LogP contribution in [0, 0.1) is 0 Å². The van der Waals surface area contributed by atoms with Gasteiger partial charge in [0.1, 0.15) is 18.2 Å². The minimum absolute atomic E-state index is 0.308. The van der Waals surface area contributed by atoms with Crippen molar-refractivity contribution in [3.63, 3.8) is 0 Å². The summed E-state index contributed by atoms with van der Waals surface area (Å²) < 4.78 is 25.8. The molecule has 0 radical (unpaired) electrons. The Morgan fingerprint density at radius 2 is 1.93 bits per heavy atom. The average Bonchev–Trinajstić information content (AvgIpc) is 2.51. The van der Waals surface area contributed by atoms with E-state index in [1.54, 1.807) is 0 Å². The van der Waals surface area contributed by atoms with E-state index in [2.05, 4.69) is 9.84 Å². The van der Waals surface area contributed by atoms with Gasteiger partial charge in [-0.15, -0.1) is 0 Å². The van der Waals surface area contributed by atoms with E-state index in [4.69, 9.17) is 19.3 Å². The third kappa shape index (κ3) is 7.80. The Labute approximate surface area is 155 Å². The number of aliphatic hydroxyl groups is 3. The van der Waals surface area contributed by atoms with E-state index in [1.807, 2.05) is 6.92 Å². The molecule has 6 atom stereocenters. The highest BCUT2D eigenvalue weighted by Gasteiger charge is 2.50. The van der Waals surface area contributed by atoms with Crippen molar-refractivity contribution in [1.29, 1.82) is 0 Å². The first-order valence-electron chi connectivity index (χ1n) is 8.31. The number of ether oxygens (including phenoxy) is 2. The molecule has 13 heteroatoms. The summed E-state index contributed by atoms with van der Waals surface area (Å²) in [7, 11) is -5.09. The van der Waals surface area contributed by atoms with Crippen molar-refractivity contribution >= 4 is 19.7 Å². The minimum Gasteiger partial charge on any atom is -0.457 e. The lowest BCUT2D eigenvalue weighted by molar-refractivity contribution is -0.255. The number of hydrogen-bond donors (Lipinski definition) is 6. The van der Waals surface area contributed by atoms with E-state index in [0.29, 0.717) is 12.8 Å². The molecule has 0 spiro atoms. The summed E-state index contributed by atoms with van der Waals surface area (Å²) in [4.78, 5) is 41.7. The Morgan fingerprint density at radius 3 is 2.41 bits per heavy atom. The summed E-state index contributed by atoms with van der Waals surface area (Å²) in [6, 6.07) is -1.45. The Kier molecular flexibility index (Phi) is 9.25. The van der Waals surface area contributed by atoms with Crippen LogP contribution < -0.4 is 5.32 Å². The van der Waals surface area contributed by atoms with Gasteiger partial charge in [-0.05, 0) is 6.42 Å². The standard InChI is InChI=1S/C14H26NO11P/c1-3-4-8(18)5-10(19)15-11-13(24-7(2)17)12(26-27(21,22)23)9(6-16)25-14(11)20/h8-9,11-14,16,18,20H,3-6H2,1-2H3,(H,15,19)(H2,21,22,23)/t8-,9-,11-,12-,13-,14-/m1/s1. The number of hydrogen-bond acceptors (Lipinski definition) is 9. The summed E-state index contributed by atoms with van der Waals surface area (Å²) in [5.74, 6) is -1.59. The summed E-state index contributed by atoms with van der Waals surface area (Å²) in [6.07, 6.45) is -6.69. The van der Waals surface area contributed by atoms with Crippen molar-refractivity contribution in [3.05, 3.63) is 0 Å². The van der Waals surface area contributed by atoms with Crippen LogP contribution in [0.3, 0.4) is 0 Å². The van der Waals surface area contributed by atoms with E-state index < -0.39 is 63.1 Å². The Bertz CT molecular complexity index is 553. The molecule has 0 aromatic rings. The fourth-order valence-corrected chi connectivity index (χ4v) is 3.31. The molecule has 0 aromatic heterocycles. The normalized spacial score (nSPS) is 29.8. The number of amides is 1. The summed E-state index contributed by atoms with van der Waals surface area (Å²) in [5, 5.41) is 31.5. The van der Waals surface area contributed by atoms with Crippen molar-refractivity contribution in [2.75, 3.05) is 6.61 Å². The molecule has 1 rings (SSSR count). The second-order valence-electron chi connectivity index (χ2n) is 6.12. The largest absolute Gasteiger partial charge is 0.470 e. The number of phosphoric acid groups is 1. The SMILES string of the molecule is CCC[C@@H](O)CC(=O)N[C@@H]1[C@@H](OC(C)=O)[C@H](OP(=O)(O)O)[C@@H](CO)O[C@H]1O. The first-order chi connectivity index (χ1) is 12.5. The van der Waals surface area contributed by atoms with Crippen molar-refractivity contribution < 1.29 is 53.3 Å². The maximum atomic E-state index is 12.1. The van der Waals surface area contributed by atoms with Crippen LogP contribution in [0.4, 0.5) is 0 Å². The van der Waals surface area contributed by atoms with Gasteiger partial charge < -0.3 is 39.9 Å². The van der Waals surface area contributed by atoms with Gasteiger partial charge in [0.05, 0.1) is 19.1 Å². The number of rotatable bonds is 9. The van der Waals surface area contributed by atoms with Gasteiger partial charge in [-0.1, -0.05) is 13.3 Å². The lowest BCUT2D eigenvalue weighted by Crippen LogP contribution is -2.65. The van der Waals surface area contributed by atoms with Gasteiger partial charge in [-0.2, -0.15) is 0 Å². The second kappa shape index (κ2) is 10.4. The highest BCUT2D eigenvalue weighted by molar-refractivity contribution is 7.46. The lowest BCUT2D eigenvalue weighted by Gasteiger charge is -2.43. The van der Waals surface area contributed by atoms with Crippen LogP contribution >= 0.6 is 7.82 Å². The van der Waals surface area contributed by atoms with Crippen LogP contribution in [0.5, 0.6) is 0 Å².